The number of carbonyl (C=O) groups excluding carboxylic acids is 1. The third-order valence-corrected chi connectivity index (χ3v) is 2.63. The van der Waals surface area contributed by atoms with E-state index >= 15 is 0 Å². The Morgan fingerprint density at radius 2 is 2.33 bits per heavy atom. The Bertz CT molecular complexity index is 576. The highest BCUT2D eigenvalue weighted by Crippen LogP contribution is 2.28. The molecule has 0 saturated carbocycles. The molecule has 0 saturated heterocycles. The third kappa shape index (κ3) is 2.60. The summed E-state index contributed by atoms with van der Waals surface area (Å²) in [5.74, 6) is -0.193. The maximum absolute atomic E-state index is 11.6. The SMILES string of the molecule is CC=CC(=O)Nc1cccc(Cl)c1-n1ccnc1. The number of amides is 1. The highest BCUT2D eigenvalue weighted by Gasteiger charge is 2.10. The predicted molar refractivity (Wildman–Crippen MR) is 72.0 cm³/mol. The Hall–Kier alpha value is -2.07. The molecule has 1 aromatic heterocycles. The monoisotopic (exact) mass is 261 g/mol. The van der Waals surface area contributed by atoms with Crippen LogP contribution in [0.2, 0.25) is 5.02 Å². The molecule has 92 valence electrons. The number of halogens is 1. The number of carbonyl (C=O) groups is 1. The van der Waals surface area contributed by atoms with Crippen LogP contribution in [0.3, 0.4) is 0 Å². The van der Waals surface area contributed by atoms with E-state index in [0.29, 0.717) is 16.4 Å². The number of nitrogens with one attached hydrogen (secondary N) is 1. The number of para-hydroxylation sites is 1. The standard InChI is InChI=1S/C13H12ClN3O/c1-2-4-12(18)16-11-6-3-5-10(14)13(11)17-8-7-15-9-17/h2-9H,1H3,(H,16,18). The van der Waals surface area contributed by atoms with E-state index in [1.165, 1.54) is 6.08 Å². The number of aromatic nitrogens is 2. The minimum atomic E-state index is -0.193. The topological polar surface area (TPSA) is 46.9 Å². The van der Waals surface area contributed by atoms with Crippen LogP contribution in [0.15, 0.2) is 49.1 Å². The number of imidazole rings is 1. The minimum absolute atomic E-state index is 0.193. The molecule has 2 rings (SSSR count). The van der Waals surface area contributed by atoms with Crippen LogP contribution >= 0.6 is 11.6 Å². The molecule has 0 unspecified atom stereocenters. The number of anilines is 1. The zero-order chi connectivity index (χ0) is 13.0. The van der Waals surface area contributed by atoms with Crippen LogP contribution in [0.25, 0.3) is 5.69 Å². The van der Waals surface area contributed by atoms with Gasteiger partial charge in [0.2, 0.25) is 5.91 Å². The first kappa shape index (κ1) is 12.4. The lowest BCUT2D eigenvalue weighted by Gasteiger charge is -2.12. The summed E-state index contributed by atoms with van der Waals surface area (Å²) in [5, 5.41) is 3.33. The Labute approximate surface area is 110 Å². The van der Waals surface area contributed by atoms with Crippen molar-refractivity contribution in [1.82, 2.24) is 9.55 Å². The summed E-state index contributed by atoms with van der Waals surface area (Å²) < 4.78 is 1.76. The second-order valence-corrected chi connectivity index (χ2v) is 4.00. The Morgan fingerprint density at radius 3 is 3.00 bits per heavy atom. The van der Waals surface area contributed by atoms with Gasteiger partial charge in [-0.25, -0.2) is 4.98 Å². The molecule has 1 heterocycles. The first-order valence-electron chi connectivity index (χ1n) is 5.43. The van der Waals surface area contributed by atoms with Gasteiger partial charge in [-0.3, -0.25) is 4.79 Å². The molecule has 0 aliphatic rings. The molecule has 0 spiro atoms. The van der Waals surface area contributed by atoms with Crippen molar-refractivity contribution >= 4 is 23.2 Å². The van der Waals surface area contributed by atoms with Gasteiger partial charge in [-0.15, -0.1) is 0 Å². The van der Waals surface area contributed by atoms with Crippen molar-refractivity contribution in [3.8, 4) is 5.69 Å². The lowest BCUT2D eigenvalue weighted by atomic mass is 10.2. The fourth-order valence-corrected chi connectivity index (χ4v) is 1.87. The summed E-state index contributed by atoms with van der Waals surface area (Å²) >= 11 is 6.16. The number of benzene rings is 1. The molecular formula is C13H12ClN3O. The van der Waals surface area contributed by atoms with Crippen molar-refractivity contribution in [2.45, 2.75) is 6.92 Å². The number of nitrogens with zero attached hydrogens (tertiary/aromatic N) is 2. The Balaban J connectivity index is 2.42. The summed E-state index contributed by atoms with van der Waals surface area (Å²) in [6.45, 7) is 1.79. The molecule has 0 radical (unpaired) electrons. The quantitative estimate of drug-likeness (QED) is 0.864. The van der Waals surface area contributed by atoms with Gasteiger partial charge in [0.25, 0.3) is 0 Å². The maximum atomic E-state index is 11.6. The minimum Gasteiger partial charge on any atom is -0.321 e. The van der Waals surface area contributed by atoms with Crippen molar-refractivity contribution < 1.29 is 4.79 Å². The van der Waals surface area contributed by atoms with Gasteiger partial charge < -0.3 is 9.88 Å². The second-order valence-electron chi connectivity index (χ2n) is 3.60. The van der Waals surface area contributed by atoms with E-state index in [0.717, 1.165) is 0 Å². The number of hydrogen-bond acceptors (Lipinski definition) is 2. The summed E-state index contributed by atoms with van der Waals surface area (Å²) in [4.78, 5) is 15.6. The predicted octanol–water partition coefficient (Wildman–Crippen LogP) is 3.04. The molecule has 0 fully saturated rings. The van der Waals surface area contributed by atoms with E-state index in [1.54, 1.807) is 54.5 Å². The molecule has 4 nitrogen and oxygen atoms in total. The van der Waals surface area contributed by atoms with Crippen LogP contribution in [0.4, 0.5) is 5.69 Å². The van der Waals surface area contributed by atoms with Crippen LogP contribution < -0.4 is 5.32 Å². The molecule has 1 aromatic carbocycles. The summed E-state index contributed by atoms with van der Waals surface area (Å²) in [6.07, 6.45) is 8.19. The normalized spacial score (nSPS) is 10.8. The van der Waals surface area contributed by atoms with Crippen LogP contribution in [0.1, 0.15) is 6.92 Å². The molecule has 2 aromatic rings. The lowest BCUT2D eigenvalue weighted by Crippen LogP contribution is -2.10. The second kappa shape index (κ2) is 5.51. The molecule has 1 amide bonds. The fourth-order valence-electron chi connectivity index (χ4n) is 1.60. The van der Waals surface area contributed by atoms with Gasteiger partial charge in [0.1, 0.15) is 0 Å². The smallest absolute Gasteiger partial charge is 0.248 e. The van der Waals surface area contributed by atoms with E-state index in [9.17, 15) is 4.79 Å². The van der Waals surface area contributed by atoms with Crippen LogP contribution in [0, 0.1) is 0 Å². The van der Waals surface area contributed by atoms with E-state index in [-0.39, 0.29) is 5.91 Å². The molecule has 0 atom stereocenters. The van der Waals surface area contributed by atoms with E-state index < -0.39 is 0 Å². The highest BCUT2D eigenvalue weighted by molar-refractivity contribution is 6.33. The third-order valence-electron chi connectivity index (χ3n) is 2.33. The van der Waals surface area contributed by atoms with E-state index in [2.05, 4.69) is 10.3 Å². The molecule has 0 bridgehead atoms. The van der Waals surface area contributed by atoms with Crippen LogP contribution in [-0.2, 0) is 4.79 Å². The lowest BCUT2D eigenvalue weighted by molar-refractivity contribution is -0.111. The Kier molecular flexibility index (Phi) is 3.79. The van der Waals surface area contributed by atoms with Crippen molar-refractivity contribution in [3.05, 3.63) is 54.1 Å². The molecule has 0 aliphatic carbocycles. The number of rotatable bonds is 3. The van der Waals surface area contributed by atoms with Crippen molar-refractivity contribution in [2.75, 3.05) is 5.32 Å². The van der Waals surface area contributed by atoms with Crippen LogP contribution in [-0.4, -0.2) is 15.5 Å². The van der Waals surface area contributed by atoms with Gasteiger partial charge in [-0.2, -0.15) is 0 Å². The fraction of sp³-hybridized carbons (Fsp3) is 0.0769. The van der Waals surface area contributed by atoms with E-state index in [1.807, 2.05) is 0 Å². The van der Waals surface area contributed by atoms with Gasteiger partial charge in [-0.1, -0.05) is 23.7 Å². The number of hydrogen-bond donors (Lipinski definition) is 1. The molecule has 0 aliphatic heterocycles. The first-order chi connectivity index (χ1) is 8.72. The molecule has 1 N–H and O–H groups in total. The average Bonchev–Trinajstić information content (AvgIpc) is 2.82. The highest BCUT2D eigenvalue weighted by atomic mass is 35.5. The van der Waals surface area contributed by atoms with Gasteiger partial charge in [0.15, 0.2) is 0 Å². The zero-order valence-electron chi connectivity index (χ0n) is 9.80. The summed E-state index contributed by atoms with van der Waals surface area (Å²) in [5.41, 5.74) is 1.35. The van der Waals surface area contributed by atoms with Crippen molar-refractivity contribution in [2.24, 2.45) is 0 Å². The van der Waals surface area contributed by atoms with Gasteiger partial charge in [0, 0.05) is 12.4 Å². The summed E-state index contributed by atoms with van der Waals surface area (Å²) in [7, 11) is 0. The van der Waals surface area contributed by atoms with Gasteiger partial charge in [-0.05, 0) is 25.1 Å². The van der Waals surface area contributed by atoms with Crippen LogP contribution in [0.5, 0.6) is 0 Å². The zero-order valence-corrected chi connectivity index (χ0v) is 10.6. The molecule has 5 heteroatoms. The average molecular weight is 262 g/mol. The maximum Gasteiger partial charge on any atom is 0.248 e. The van der Waals surface area contributed by atoms with Gasteiger partial charge >= 0.3 is 0 Å². The Morgan fingerprint density at radius 1 is 1.50 bits per heavy atom. The first-order valence-corrected chi connectivity index (χ1v) is 5.80. The van der Waals surface area contributed by atoms with E-state index in [4.69, 9.17) is 11.6 Å². The van der Waals surface area contributed by atoms with Crippen molar-refractivity contribution in [3.63, 3.8) is 0 Å². The largest absolute Gasteiger partial charge is 0.321 e. The van der Waals surface area contributed by atoms with Crippen molar-refractivity contribution in [1.29, 1.82) is 0 Å². The number of allylic oxidation sites excluding steroid dienone is 1. The molecular weight excluding hydrogens is 250 g/mol. The van der Waals surface area contributed by atoms with Gasteiger partial charge in [0.05, 0.1) is 22.7 Å². The summed E-state index contributed by atoms with van der Waals surface area (Å²) in [6, 6.07) is 5.35. The molecule has 18 heavy (non-hydrogen) atoms.